The van der Waals surface area contributed by atoms with Crippen molar-refractivity contribution in [3.05, 3.63) is 41.1 Å². The van der Waals surface area contributed by atoms with Gasteiger partial charge < -0.3 is 10.1 Å². The lowest BCUT2D eigenvalue weighted by Gasteiger charge is -2.26. The molecule has 1 atom stereocenters. The maximum atomic E-state index is 5.97. The molecule has 0 saturated heterocycles. The number of rotatable bonds is 4. The van der Waals surface area contributed by atoms with Gasteiger partial charge in [-0.3, -0.25) is 10.3 Å². The second kappa shape index (κ2) is 7.33. The van der Waals surface area contributed by atoms with Crippen molar-refractivity contribution >= 4 is 33.4 Å². The van der Waals surface area contributed by atoms with Crippen LogP contribution in [0.3, 0.4) is 0 Å². The maximum absolute atomic E-state index is 5.97. The molecule has 1 aliphatic heterocycles. The van der Waals surface area contributed by atoms with E-state index in [1.165, 1.54) is 42.7 Å². The monoisotopic (exact) mass is 405 g/mol. The molecule has 1 fully saturated rings. The Morgan fingerprint density at radius 2 is 2.08 bits per heavy atom. The maximum Gasteiger partial charge on any atom is 0.144 e. The zero-order chi connectivity index (χ0) is 16.4. The van der Waals surface area contributed by atoms with Crippen LogP contribution in [0.5, 0.6) is 11.5 Å². The van der Waals surface area contributed by atoms with Gasteiger partial charge in [-0.1, -0.05) is 31.0 Å². The Balaban J connectivity index is 1.42. The molecule has 126 valence electrons. The molecule has 1 unspecified atom stereocenters. The SMILES string of the molecule is Brc1cnccc1Oc1ccc2c(c1)SC(NC1CCCCC1)N2. The Kier molecular flexibility index (Phi) is 4.96. The number of halogens is 1. The number of benzene rings is 1. The van der Waals surface area contributed by atoms with E-state index in [1.54, 1.807) is 12.4 Å². The normalized spacial score (nSPS) is 20.5. The van der Waals surface area contributed by atoms with E-state index in [0.717, 1.165) is 16.0 Å². The highest BCUT2D eigenvalue weighted by atomic mass is 79.9. The van der Waals surface area contributed by atoms with Gasteiger partial charge >= 0.3 is 0 Å². The summed E-state index contributed by atoms with van der Waals surface area (Å²) in [6.45, 7) is 0. The van der Waals surface area contributed by atoms with Gasteiger partial charge in [-0.25, -0.2) is 0 Å². The highest BCUT2D eigenvalue weighted by molar-refractivity contribution is 9.10. The van der Waals surface area contributed by atoms with Gasteiger partial charge in [0.05, 0.1) is 10.2 Å². The highest BCUT2D eigenvalue weighted by Gasteiger charge is 2.25. The highest BCUT2D eigenvalue weighted by Crippen LogP contribution is 2.41. The van der Waals surface area contributed by atoms with Crippen LogP contribution in [0.15, 0.2) is 46.0 Å². The molecule has 2 N–H and O–H groups in total. The van der Waals surface area contributed by atoms with Crippen molar-refractivity contribution in [1.29, 1.82) is 0 Å². The van der Waals surface area contributed by atoms with E-state index in [2.05, 4.69) is 43.7 Å². The lowest BCUT2D eigenvalue weighted by atomic mass is 9.96. The number of aromatic nitrogens is 1. The molecule has 1 saturated carbocycles. The minimum atomic E-state index is 0.256. The Hall–Kier alpha value is -1.24. The third kappa shape index (κ3) is 3.71. The standard InChI is InChI=1S/C18H20BrN3OS/c19-14-11-20-9-8-16(14)23-13-6-7-15-17(10-13)24-18(22-15)21-12-4-2-1-3-5-12/h6-12,18,21-22H,1-5H2. The first kappa shape index (κ1) is 16.2. The Bertz CT molecular complexity index is 721. The molecular weight excluding hydrogens is 386 g/mol. The van der Waals surface area contributed by atoms with Gasteiger partial charge in [0.15, 0.2) is 0 Å². The first-order valence-electron chi connectivity index (χ1n) is 8.38. The first-order chi connectivity index (χ1) is 11.8. The fourth-order valence-electron chi connectivity index (χ4n) is 3.21. The smallest absolute Gasteiger partial charge is 0.144 e. The zero-order valence-corrected chi connectivity index (χ0v) is 15.7. The molecule has 0 spiro atoms. The number of ether oxygens (including phenoxy) is 1. The van der Waals surface area contributed by atoms with Crippen LogP contribution in [0.25, 0.3) is 0 Å². The van der Waals surface area contributed by atoms with Crippen LogP contribution in [0.2, 0.25) is 0 Å². The van der Waals surface area contributed by atoms with E-state index in [9.17, 15) is 0 Å². The molecule has 2 aliphatic rings. The minimum Gasteiger partial charge on any atom is -0.456 e. The van der Waals surface area contributed by atoms with Crippen molar-refractivity contribution < 1.29 is 4.74 Å². The van der Waals surface area contributed by atoms with Gasteiger partial charge in [0.25, 0.3) is 0 Å². The fourth-order valence-corrected chi connectivity index (χ4v) is 4.68. The Morgan fingerprint density at radius 1 is 1.21 bits per heavy atom. The van der Waals surface area contributed by atoms with Gasteiger partial charge in [-0.05, 0) is 47.0 Å². The minimum absolute atomic E-state index is 0.256. The van der Waals surface area contributed by atoms with E-state index in [-0.39, 0.29) is 5.50 Å². The molecule has 6 heteroatoms. The van der Waals surface area contributed by atoms with Crippen molar-refractivity contribution in [2.24, 2.45) is 0 Å². The van der Waals surface area contributed by atoms with E-state index in [0.29, 0.717) is 6.04 Å². The lowest BCUT2D eigenvalue weighted by molar-refractivity contribution is 0.375. The molecule has 0 radical (unpaired) electrons. The van der Waals surface area contributed by atoms with E-state index >= 15 is 0 Å². The van der Waals surface area contributed by atoms with Gasteiger partial charge in [-0.15, -0.1) is 0 Å². The summed E-state index contributed by atoms with van der Waals surface area (Å²) >= 11 is 5.30. The summed E-state index contributed by atoms with van der Waals surface area (Å²) in [5.74, 6) is 1.62. The largest absolute Gasteiger partial charge is 0.456 e. The first-order valence-corrected chi connectivity index (χ1v) is 10.1. The average Bonchev–Trinajstić information content (AvgIpc) is 2.99. The summed E-state index contributed by atoms with van der Waals surface area (Å²) in [7, 11) is 0. The third-order valence-corrected chi connectivity index (χ3v) is 6.12. The fraction of sp³-hybridized carbons (Fsp3) is 0.389. The van der Waals surface area contributed by atoms with Crippen LogP contribution in [-0.4, -0.2) is 16.5 Å². The van der Waals surface area contributed by atoms with Crippen molar-refractivity contribution in [3.8, 4) is 11.5 Å². The second-order valence-corrected chi connectivity index (χ2v) is 8.21. The van der Waals surface area contributed by atoms with Gasteiger partial charge in [0, 0.05) is 29.4 Å². The molecule has 4 nitrogen and oxygen atoms in total. The van der Waals surface area contributed by atoms with Crippen LogP contribution in [0.4, 0.5) is 5.69 Å². The molecule has 4 rings (SSSR count). The number of pyridine rings is 1. The third-order valence-electron chi connectivity index (χ3n) is 4.44. The van der Waals surface area contributed by atoms with E-state index in [4.69, 9.17) is 4.74 Å². The van der Waals surface area contributed by atoms with Crippen LogP contribution >= 0.6 is 27.7 Å². The molecule has 0 bridgehead atoms. The number of nitrogens with one attached hydrogen (secondary N) is 2. The summed E-state index contributed by atoms with van der Waals surface area (Å²) in [6, 6.07) is 8.69. The van der Waals surface area contributed by atoms with Crippen molar-refractivity contribution in [2.45, 2.75) is 48.5 Å². The second-order valence-electron chi connectivity index (χ2n) is 6.21. The average molecular weight is 406 g/mol. The number of anilines is 1. The Labute approximate surface area is 154 Å². The van der Waals surface area contributed by atoms with E-state index < -0.39 is 0 Å². The quantitative estimate of drug-likeness (QED) is 0.716. The van der Waals surface area contributed by atoms with Crippen molar-refractivity contribution in [1.82, 2.24) is 10.3 Å². The summed E-state index contributed by atoms with van der Waals surface area (Å²) in [5.41, 5.74) is 1.43. The number of fused-ring (bicyclic) bond motifs is 1. The predicted molar refractivity (Wildman–Crippen MR) is 102 cm³/mol. The molecule has 1 aliphatic carbocycles. The summed E-state index contributed by atoms with van der Waals surface area (Å²) in [4.78, 5) is 5.29. The van der Waals surface area contributed by atoms with Gasteiger partial charge in [0.1, 0.15) is 17.0 Å². The number of thioether (sulfide) groups is 1. The molecule has 0 amide bonds. The van der Waals surface area contributed by atoms with Gasteiger partial charge in [-0.2, -0.15) is 0 Å². The lowest BCUT2D eigenvalue weighted by Crippen LogP contribution is -2.40. The molecule has 1 aromatic heterocycles. The molecule has 1 aromatic carbocycles. The molecule has 24 heavy (non-hydrogen) atoms. The molecule has 2 heterocycles. The van der Waals surface area contributed by atoms with Crippen LogP contribution < -0.4 is 15.4 Å². The van der Waals surface area contributed by atoms with E-state index in [1.807, 2.05) is 23.9 Å². The van der Waals surface area contributed by atoms with Crippen LogP contribution in [0, 0.1) is 0 Å². The van der Waals surface area contributed by atoms with Crippen molar-refractivity contribution in [3.63, 3.8) is 0 Å². The Morgan fingerprint density at radius 3 is 2.92 bits per heavy atom. The van der Waals surface area contributed by atoms with Crippen molar-refractivity contribution in [2.75, 3.05) is 5.32 Å². The van der Waals surface area contributed by atoms with Gasteiger partial charge in [0.2, 0.25) is 0 Å². The zero-order valence-electron chi connectivity index (χ0n) is 13.3. The summed E-state index contributed by atoms with van der Waals surface area (Å²) in [6.07, 6.45) is 10.1. The summed E-state index contributed by atoms with van der Waals surface area (Å²) in [5, 5.41) is 7.30. The molecule has 2 aromatic rings. The molecular formula is C18H20BrN3OS. The number of nitrogens with zero attached hydrogens (tertiary/aromatic N) is 1. The number of hydrogen-bond donors (Lipinski definition) is 2. The summed E-state index contributed by atoms with van der Waals surface area (Å²) < 4.78 is 6.83. The predicted octanol–water partition coefficient (Wildman–Crippen LogP) is 5.36. The topological polar surface area (TPSA) is 46.2 Å². The van der Waals surface area contributed by atoms with Crippen LogP contribution in [0.1, 0.15) is 32.1 Å². The number of hydrogen-bond acceptors (Lipinski definition) is 5. The van der Waals surface area contributed by atoms with Crippen LogP contribution in [-0.2, 0) is 0 Å².